The molecular formula is C19H17F3N2O3. The molecule has 0 radical (unpaired) electrons. The highest BCUT2D eigenvalue weighted by atomic mass is 19.4. The van der Waals surface area contributed by atoms with Crippen molar-refractivity contribution in [3.05, 3.63) is 59.4 Å². The van der Waals surface area contributed by atoms with Crippen LogP contribution in [-0.4, -0.2) is 39.8 Å². The summed E-state index contributed by atoms with van der Waals surface area (Å²) in [5, 5.41) is 9.79. The molecule has 1 aromatic carbocycles. The fourth-order valence-electron chi connectivity index (χ4n) is 3.17. The molecule has 8 heteroatoms. The minimum absolute atomic E-state index is 0.0233. The quantitative estimate of drug-likeness (QED) is 0.830. The molecule has 0 bridgehead atoms. The lowest BCUT2D eigenvalue weighted by Crippen LogP contribution is -2.42. The molecule has 2 heterocycles. The molecule has 1 amide bonds. The molecule has 1 aromatic heterocycles. The number of amides is 1. The maximum atomic E-state index is 12.9. The first-order valence-electron chi connectivity index (χ1n) is 8.42. The van der Waals surface area contributed by atoms with Gasteiger partial charge in [0.1, 0.15) is 5.75 Å². The van der Waals surface area contributed by atoms with E-state index in [4.69, 9.17) is 0 Å². The molecule has 0 saturated carbocycles. The van der Waals surface area contributed by atoms with Crippen LogP contribution in [0.1, 0.15) is 39.3 Å². The van der Waals surface area contributed by atoms with Gasteiger partial charge < -0.3 is 10.0 Å². The van der Waals surface area contributed by atoms with Gasteiger partial charge in [0.25, 0.3) is 5.91 Å². The zero-order chi connectivity index (χ0) is 19.6. The molecule has 3 rings (SSSR count). The lowest BCUT2D eigenvalue weighted by atomic mass is 9.89. The lowest BCUT2D eigenvalue weighted by molar-refractivity contribution is -0.137. The number of hydrogen-bond donors (Lipinski definition) is 1. The van der Waals surface area contributed by atoms with Crippen molar-refractivity contribution in [2.75, 3.05) is 13.1 Å². The normalized spacial score (nSPS) is 17.6. The second-order valence-corrected chi connectivity index (χ2v) is 6.40. The zero-order valence-electron chi connectivity index (χ0n) is 14.2. The van der Waals surface area contributed by atoms with Crippen molar-refractivity contribution >= 4 is 11.7 Å². The first-order chi connectivity index (χ1) is 12.8. The SMILES string of the molecule is O=C(c1cccc(C(F)(F)F)c1)[C@H]1CCCN(C(=O)c2ncccc2O)C1. The largest absolute Gasteiger partial charge is 0.505 e. The van der Waals surface area contributed by atoms with Crippen LogP contribution in [0.5, 0.6) is 5.75 Å². The number of nitrogens with zero attached hydrogens (tertiary/aromatic N) is 2. The monoisotopic (exact) mass is 378 g/mol. The number of aromatic nitrogens is 1. The van der Waals surface area contributed by atoms with Crippen LogP contribution in [0.3, 0.4) is 0 Å². The van der Waals surface area contributed by atoms with E-state index in [0.717, 1.165) is 12.1 Å². The number of piperidine rings is 1. The third-order valence-electron chi connectivity index (χ3n) is 4.54. The summed E-state index contributed by atoms with van der Waals surface area (Å²) in [5.41, 5.74) is -1.01. The Labute approximate surface area is 153 Å². The number of hydrogen-bond acceptors (Lipinski definition) is 4. The Balaban J connectivity index is 1.77. The van der Waals surface area contributed by atoms with E-state index in [1.165, 1.54) is 35.4 Å². The summed E-state index contributed by atoms with van der Waals surface area (Å²) in [5.74, 6) is -1.79. The predicted octanol–water partition coefficient (Wildman–Crippen LogP) is 3.54. The van der Waals surface area contributed by atoms with E-state index in [-0.39, 0.29) is 23.6 Å². The first kappa shape index (κ1) is 18.9. The van der Waals surface area contributed by atoms with Crippen LogP contribution in [0.15, 0.2) is 42.6 Å². The van der Waals surface area contributed by atoms with Gasteiger partial charge in [0.15, 0.2) is 11.5 Å². The molecule has 142 valence electrons. The summed E-state index contributed by atoms with van der Waals surface area (Å²) >= 11 is 0. The molecular weight excluding hydrogens is 361 g/mol. The van der Waals surface area contributed by atoms with Gasteiger partial charge in [-0.2, -0.15) is 13.2 Å². The molecule has 1 saturated heterocycles. The molecule has 1 atom stereocenters. The number of rotatable bonds is 3. The van der Waals surface area contributed by atoms with Crippen molar-refractivity contribution in [2.24, 2.45) is 5.92 Å². The number of carbonyl (C=O) groups excluding carboxylic acids is 2. The van der Waals surface area contributed by atoms with E-state index in [0.29, 0.717) is 19.4 Å². The summed E-state index contributed by atoms with van der Waals surface area (Å²) in [6.45, 7) is 0.463. The topological polar surface area (TPSA) is 70.5 Å². The van der Waals surface area contributed by atoms with Gasteiger partial charge in [-0.15, -0.1) is 0 Å². The predicted molar refractivity (Wildman–Crippen MR) is 90.3 cm³/mol. The van der Waals surface area contributed by atoms with E-state index in [1.807, 2.05) is 0 Å². The Morgan fingerprint density at radius 1 is 1.19 bits per heavy atom. The number of likely N-dealkylation sites (tertiary alicyclic amines) is 1. The van der Waals surface area contributed by atoms with Crippen LogP contribution in [-0.2, 0) is 6.18 Å². The molecule has 1 aliphatic heterocycles. The molecule has 1 fully saturated rings. The fourth-order valence-corrected chi connectivity index (χ4v) is 3.17. The minimum atomic E-state index is -4.53. The van der Waals surface area contributed by atoms with E-state index >= 15 is 0 Å². The number of carbonyl (C=O) groups is 2. The van der Waals surface area contributed by atoms with Crippen LogP contribution in [0.2, 0.25) is 0 Å². The molecule has 0 aliphatic carbocycles. The van der Waals surface area contributed by atoms with Gasteiger partial charge in [0.05, 0.1) is 5.56 Å². The third kappa shape index (κ3) is 4.10. The Bertz CT molecular complexity index is 867. The second kappa shape index (κ2) is 7.38. The summed E-state index contributed by atoms with van der Waals surface area (Å²) in [7, 11) is 0. The van der Waals surface area contributed by atoms with Gasteiger partial charge in [-0.1, -0.05) is 12.1 Å². The van der Waals surface area contributed by atoms with Gasteiger partial charge in [-0.05, 0) is 37.1 Å². The summed E-state index contributed by atoms with van der Waals surface area (Å²) in [6.07, 6.45) is -2.13. The summed E-state index contributed by atoms with van der Waals surface area (Å²) in [4.78, 5) is 30.5. The smallest absolute Gasteiger partial charge is 0.416 e. The van der Waals surface area contributed by atoms with Crippen molar-refractivity contribution in [1.82, 2.24) is 9.88 Å². The van der Waals surface area contributed by atoms with Gasteiger partial charge >= 0.3 is 6.18 Å². The first-order valence-corrected chi connectivity index (χ1v) is 8.42. The second-order valence-electron chi connectivity index (χ2n) is 6.40. The summed E-state index contributed by atoms with van der Waals surface area (Å²) < 4.78 is 38.6. The van der Waals surface area contributed by atoms with Crippen LogP contribution >= 0.6 is 0 Å². The number of alkyl halides is 3. The highest BCUT2D eigenvalue weighted by molar-refractivity contribution is 5.99. The highest BCUT2D eigenvalue weighted by Gasteiger charge is 2.33. The summed E-state index contributed by atoms with van der Waals surface area (Å²) in [6, 6.07) is 7.14. The fraction of sp³-hybridized carbons (Fsp3) is 0.316. The van der Waals surface area contributed by atoms with Crippen molar-refractivity contribution in [3.8, 4) is 5.75 Å². The molecule has 1 aliphatic rings. The number of ketones is 1. The van der Waals surface area contributed by atoms with Crippen LogP contribution in [0.25, 0.3) is 0 Å². The van der Waals surface area contributed by atoms with Crippen molar-refractivity contribution in [1.29, 1.82) is 0 Å². The Hall–Kier alpha value is -2.90. The number of Topliss-reactive ketones (excluding diaryl/α,β-unsaturated/α-hetero) is 1. The number of pyridine rings is 1. The molecule has 1 N–H and O–H groups in total. The maximum absolute atomic E-state index is 12.9. The molecule has 2 aromatic rings. The Morgan fingerprint density at radius 3 is 2.67 bits per heavy atom. The van der Waals surface area contributed by atoms with Crippen molar-refractivity contribution in [2.45, 2.75) is 19.0 Å². The van der Waals surface area contributed by atoms with Gasteiger partial charge in [-0.3, -0.25) is 9.59 Å². The molecule has 5 nitrogen and oxygen atoms in total. The van der Waals surface area contributed by atoms with Crippen molar-refractivity contribution < 1.29 is 27.9 Å². The molecule has 0 spiro atoms. The van der Waals surface area contributed by atoms with Gasteiger partial charge in [-0.25, -0.2) is 4.98 Å². The number of benzene rings is 1. The lowest BCUT2D eigenvalue weighted by Gasteiger charge is -2.32. The molecule has 27 heavy (non-hydrogen) atoms. The Kier molecular flexibility index (Phi) is 5.16. The minimum Gasteiger partial charge on any atom is -0.505 e. The number of halogens is 3. The average Bonchev–Trinajstić information content (AvgIpc) is 2.67. The van der Waals surface area contributed by atoms with E-state index < -0.39 is 29.3 Å². The van der Waals surface area contributed by atoms with Gasteiger partial charge in [0, 0.05) is 30.8 Å². The number of aromatic hydroxyl groups is 1. The van der Waals surface area contributed by atoms with Crippen molar-refractivity contribution in [3.63, 3.8) is 0 Å². The van der Waals surface area contributed by atoms with Crippen LogP contribution in [0, 0.1) is 5.92 Å². The van der Waals surface area contributed by atoms with E-state index in [2.05, 4.69) is 4.98 Å². The average molecular weight is 378 g/mol. The van der Waals surface area contributed by atoms with Crippen LogP contribution in [0.4, 0.5) is 13.2 Å². The third-order valence-corrected chi connectivity index (χ3v) is 4.54. The molecule has 0 unspecified atom stereocenters. The van der Waals surface area contributed by atoms with Crippen LogP contribution < -0.4 is 0 Å². The maximum Gasteiger partial charge on any atom is 0.416 e. The standard InChI is InChI=1S/C19H17F3N2O3/c20-19(21,22)14-6-1-4-12(10-14)17(26)13-5-3-9-24(11-13)18(27)16-15(25)7-2-8-23-16/h1-2,4,6-8,10,13,25H,3,5,9,11H2/t13-/m0/s1. The van der Waals surface area contributed by atoms with E-state index in [1.54, 1.807) is 0 Å². The Morgan fingerprint density at radius 2 is 1.96 bits per heavy atom. The van der Waals surface area contributed by atoms with Gasteiger partial charge in [0.2, 0.25) is 0 Å². The zero-order valence-corrected chi connectivity index (χ0v) is 14.2. The highest BCUT2D eigenvalue weighted by Crippen LogP contribution is 2.31. The van der Waals surface area contributed by atoms with E-state index in [9.17, 15) is 27.9 Å².